The fraction of sp³-hybridized carbons (Fsp3) is 0.150. The molecular weight excluding hydrogens is 394 g/mol. The van der Waals surface area contributed by atoms with Crippen LogP contribution in [0.5, 0.6) is 5.75 Å². The van der Waals surface area contributed by atoms with Crippen molar-refractivity contribution in [3.63, 3.8) is 0 Å². The van der Waals surface area contributed by atoms with E-state index in [9.17, 15) is 4.79 Å². The van der Waals surface area contributed by atoms with E-state index in [2.05, 4.69) is 27.6 Å². The standard InChI is InChI=1S/C20H17N3O3S2/c1-12-15-10-14(25-2)8-9-16(15)26-17(12)18(24)21-19-22-23-20(28-19)27-11-13-6-4-3-5-7-13/h3-10H,11H2,1-2H3,(H,21,22,24). The van der Waals surface area contributed by atoms with Gasteiger partial charge in [0.05, 0.1) is 7.11 Å². The van der Waals surface area contributed by atoms with Crippen LogP contribution in [0.4, 0.5) is 5.13 Å². The van der Waals surface area contributed by atoms with Crippen molar-refractivity contribution < 1.29 is 13.9 Å². The van der Waals surface area contributed by atoms with Crippen molar-refractivity contribution in [2.75, 3.05) is 12.4 Å². The second-order valence-corrected chi connectivity index (χ2v) is 8.22. The first kappa shape index (κ1) is 18.5. The van der Waals surface area contributed by atoms with Gasteiger partial charge in [0, 0.05) is 16.7 Å². The minimum atomic E-state index is -0.344. The molecule has 0 aliphatic rings. The summed E-state index contributed by atoms with van der Waals surface area (Å²) in [7, 11) is 1.60. The number of carbonyl (C=O) groups excluding carboxylic acids is 1. The topological polar surface area (TPSA) is 77.2 Å². The van der Waals surface area contributed by atoms with Gasteiger partial charge >= 0.3 is 0 Å². The molecule has 4 aromatic rings. The molecule has 142 valence electrons. The molecule has 2 heterocycles. The zero-order chi connectivity index (χ0) is 19.5. The van der Waals surface area contributed by atoms with Crippen molar-refractivity contribution in [2.24, 2.45) is 0 Å². The van der Waals surface area contributed by atoms with Gasteiger partial charge in [-0.1, -0.05) is 53.4 Å². The highest BCUT2D eigenvalue weighted by Crippen LogP contribution is 2.31. The first-order valence-corrected chi connectivity index (χ1v) is 10.3. The van der Waals surface area contributed by atoms with Crippen molar-refractivity contribution in [3.8, 4) is 5.75 Å². The monoisotopic (exact) mass is 411 g/mol. The lowest BCUT2D eigenvalue weighted by molar-refractivity contribution is 0.0998. The zero-order valence-electron chi connectivity index (χ0n) is 15.3. The molecule has 0 atom stereocenters. The fourth-order valence-corrected chi connectivity index (χ4v) is 4.44. The number of aromatic nitrogens is 2. The van der Waals surface area contributed by atoms with Gasteiger partial charge in [-0.3, -0.25) is 10.1 Å². The Morgan fingerprint density at radius 3 is 2.82 bits per heavy atom. The van der Waals surface area contributed by atoms with Crippen molar-refractivity contribution >= 4 is 45.1 Å². The predicted octanol–water partition coefficient (Wildman–Crippen LogP) is 5.15. The molecular formula is C20H17N3O3S2. The molecule has 0 fully saturated rings. The fourth-order valence-electron chi connectivity index (χ4n) is 2.74. The Kier molecular flexibility index (Phi) is 5.31. The van der Waals surface area contributed by atoms with Gasteiger partial charge < -0.3 is 9.15 Å². The molecule has 6 nitrogen and oxygen atoms in total. The molecule has 0 spiro atoms. The summed E-state index contributed by atoms with van der Waals surface area (Å²) in [5.74, 6) is 1.43. The smallest absolute Gasteiger partial charge is 0.293 e. The van der Waals surface area contributed by atoms with E-state index in [1.54, 1.807) is 31.0 Å². The molecule has 28 heavy (non-hydrogen) atoms. The Hall–Kier alpha value is -2.84. The second kappa shape index (κ2) is 8.04. The summed E-state index contributed by atoms with van der Waals surface area (Å²) in [5, 5.41) is 12.3. The number of methoxy groups -OCH3 is 1. The van der Waals surface area contributed by atoms with Gasteiger partial charge in [-0.05, 0) is 30.7 Å². The summed E-state index contributed by atoms with van der Waals surface area (Å²) in [6.45, 7) is 1.85. The van der Waals surface area contributed by atoms with Crippen molar-refractivity contribution in [3.05, 3.63) is 65.4 Å². The van der Waals surface area contributed by atoms with Crippen LogP contribution in [0.2, 0.25) is 0 Å². The highest BCUT2D eigenvalue weighted by atomic mass is 32.2. The first-order chi connectivity index (χ1) is 13.6. The van der Waals surface area contributed by atoms with Crippen molar-refractivity contribution in [1.82, 2.24) is 10.2 Å². The Labute approximate surface area is 169 Å². The summed E-state index contributed by atoms with van der Waals surface area (Å²) >= 11 is 2.93. The minimum absolute atomic E-state index is 0.261. The van der Waals surface area contributed by atoms with Crippen LogP contribution in [-0.2, 0) is 5.75 Å². The maximum atomic E-state index is 12.6. The predicted molar refractivity (Wildman–Crippen MR) is 111 cm³/mol. The molecule has 8 heteroatoms. The number of nitrogens with one attached hydrogen (secondary N) is 1. The number of thioether (sulfide) groups is 1. The molecule has 0 bridgehead atoms. The number of hydrogen-bond donors (Lipinski definition) is 1. The van der Waals surface area contributed by atoms with Crippen LogP contribution >= 0.6 is 23.1 Å². The molecule has 1 amide bonds. The van der Waals surface area contributed by atoms with E-state index < -0.39 is 0 Å². The second-order valence-electron chi connectivity index (χ2n) is 6.02. The molecule has 1 N–H and O–H groups in total. The number of benzene rings is 2. The van der Waals surface area contributed by atoms with Crippen LogP contribution in [0.15, 0.2) is 57.3 Å². The quantitative estimate of drug-likeness (QED) is 0.349. The third-order valence-electron chi connectivity index (χ3n) is 4.18. The average molecular weight is 412 g/mol. The molecule has 0 aliphatic carbocycles. The Morgan fingerprint density at radius 1 is 1.21 bits per heavy atom. The van der Waals surface area contributed by atoms with E-state index in [-0.39, 0.29) is 11.7 Å². The van der Waals surface area contributed by atoms with Crippen LogP contribution in [0, 0.1) is 6.92 Å². The number of carbonyl (C=O) groups is 1. The molecule has 0 saturated heterocycles. The highest BCUT2D eigenvalue weighted by molar-refractivity contribution is 8.00. The van der Waals surface area contributed by atoms with Crippen LogP contribution in [0.1, 0.15) is 21.7 Å². The number of ether oxygens (including phenoxy) is 1. The van der Waals surface area contributed by atoms with Gasteiger partial charge in [0.1, 0.15) is 11.3 Å². The molecule has 0 unspecified atom stereocenters. The Morgan fingerprint density at radius 2 is 2.04 bits per heavy atom. The number of fused-ring (bicyclic) bond motifs is 1. The van der Waals surface area contributed by atoms with Gasteiger partial charge in [-0.25, -0.2) is 0 Å². The molecule has 2 aromatic heterocycles. The van der Waals surface area contributed by atoms with Gasteiger partial charge in [0.15, 0.2) is 10.1 Å². The Bertz CT molecular complexity index is 1120. The summed E-state index contributed by atoms with van der Waals surface area (Å²) in [6.07, 6.45) is 0. The number of amides is 1. The maximum Gasteiger partial charge on any atom is 0.293 e. The number of hydrogen-bond acceptors (Lipinski definition) is 7. The summed E-state index contributed by atoms with van der Waals surface area (Å²) in [4.78, 5) is 12.6. The molecule has 0 radical (unpaired) electrons. The largest absolute Gasteiger partial charge is 0.497 e. The van der Waals surface area contributed by atoms with Crippen LogP contribution in [-0.4, -0.2) is 23.2 Å². The Balaban J connectivity index is 1.46. The molecule has 4 rings (SSSR count). The minimum Gasteiger partial charge on any atom is -0.497 e. The number of anilines is 1. The summed E-state index contributed by atoms with van der Waals surface area (Å²) in [5.41, 5.74) is 2.61. The number of nitrogens with zero attached hydrogens (tertiary/aromatic N) is 2. The number of furan rings is 1. The lowest BCUT2D eigenvalue weighted by atomic mass is 10.1. The molecule has 0 aliphatic heterocycles. The van der Waals surface area contributed by atoms with E-state index >= 15 is 0 Å². The van der Waals surface area contributed by atoms with E-state index in [1.165, 1.54) is 16.9 Å². The van der Waals surface area contributed by atoms with Crippen LogP contribution < -0.4 is 10.1 Å². The van der Waals surface area contributed by atoms with E-state index in [4.69, 9.17) is 9.15 Å². The van der Waals surface area contributed by atoms with Gasteiger partial charge in [-0.2, -0.15) is 0 Å². The SMILES string of the molecule is COc1ccc2oc(C(=O)Nc3nnc(SCc4ccccc4)s3)c(C)c2c1. The lowest BCUT2D eigenvalue weighted by Crippen LogP contribution is -2.11. The van der Waals surface area contributed by atoms with Crippen molar-refractivity contribution in [2.45, 2.75) is 17.0 Å². The molecule has 0 saturated carbocycles. The summed E-state index contributed by atoms with van der Waals surface area (Å²) < 4.78 is 11.8. The molecule has 2 aromatic carbocycles. The maximum absolute atomic E-state index is 12.6. The van der Waals surface area contributed by atoms with Gasteiger partial charge in [0.2, 0.25) is 5.13 Å². The summed E-state index contributed by atoms with van der Waals surface area (Å²) in [6, 6.07) is 15.6. The van der Waals surface area contributed by atoms with Crippen molar-refractivity contribution in [1.29, 1.82) is 0 Å². The van der Waals surface area contributed by atoms with E-state index in [0.29, 0.717) is 16.5 Å². The van der Waals surface area contributed by atoms with E-state index in [1.807, 2.05) is 31.2 Å². The van der Waals surface area contributed by atoms with E-state index in [0.717, 1.165) is 21.0 Å². The number of rotatable bonds is 6. The normalized spacial score (nSPS) is 10.9. The van der Waals surface area contributed by atoms with Gasteiger partial charge in [-0.15, -0.1) is 10.2 Å². The van der Waals surface area contributed by atoms with Gasteiger partial charge in [0.25, 0.3) is 5.91 Å². The van der Waals surface area contributed by atoms with Crippen LogP contribution in [0.3, 0.4) is 0 Å². The zero-order valence-corrected chi connectivity index (χ0v) is 16.9. The average Bonchev–Trinajstić information content (AvgIpc) is 3.31. The lowest BCUT2D eigenvalue weighted by Gasteiger charge is -1.99. The third kappa shape index (κ3) is 3.88. The third-order valence-corrected chi connectivity index (χ3v) is 6.22. The van der Waals surface area contributed by atoms with Crippen LogP contribution in [0.25, 0.3) is 11.0 Å². The first-order valence-electron chi connectivity index (χ1n) is 8.53. The highest BCUT2D eigenvalue weighted by Gasteiger charge is 2.19. The number of aryl methyl sites for hydroxylation is 1.